The fourth-order valence-electron chi connectivity index (χ4n) is 4.16. The molecule has 0 bridgehead atoms. The standard InChI is InChI=1S/C30H24N2O3/c1-34-28-18-17-22-10-3-6-15-26(22)29(28)30(33)32-31-19-23-11-4-7-16-27(23)35-20-24-13-8-12-21-9-2-5-14-25(21)24/h2-19H,20H2,1H3,(H,32,33)/b31-19-. The van der Waals surface area contributed by atoms with Crippen LogP contribution in [0.15, 0.2) is 108 Å². The largest absolute Gasteiger partial charge is 0.496 e. The average molecular weight is 461 g/mol. The predicted octanol–water partition coefficient (Wildman–Crippen LogP) is 6.34. The number of hydrogen-bond acceptors (Lipinski definition) is 4. The van der Waals surface area contributed by atoms with Crippen LogP contribution in [0.4, 0.5) is 0 Å². The Hall–Kier alpha value is -4.64. The minimum absolute atomic E-state index is 0.343. The first-order valence-corrected chi connectivity index (χ1v) is 11.3. The Morgan fingerprint density at radius 2 is 1.46 bits per heavy atom. The SMILES string of the molecule is COc1ccc2ccccc2c1C(=O)N/N=C\c1ccccc1OCc1cccc2ccccc12. The summed E-state index contributed by atoms with van der Waals surface area (Å²) >= 11 is 0. The molecule has 5 aromatic carbocycles. The Balaban J connectivity index is 1.34. The first kappa shape index (κ1) is 22.2. The van der Waals surface area contributed by atoms with Gasteiger partial charge in [0.25, 0.3) is 5.91 Å². The lowest BCUT2D eigenvalue weighted by molar-refractivity contribution is 0.0954. The summed E-state index contributed by atoms with van der Waals surface area (Å²) in [7, 11) is 1.55. The summed E-state index contributed by atoms with van der Waals surface area (Å²) in [6.45, 7) is 0.422. The zero-order valence-electron chi connectivity index (χ0n) is 19.3. The number of nitrogens with zero attached hydrogens (tertiary/aromatic N) is 1. The Morgan fingerprint density at radius 3 is 2.29 bits per heavy atom. The van der Waals surface area contributed by atoms with Crippen LogP contribution in [0, 0.1) is 0 Å². The van der Waals surface area contributed by atoms with Gasteiger partial charge in [-0.1, -0.05) is 84.9 Å². The molecule has 5 rings (SSSR count). The van der Waals surface area contributed by atoms with Crippen molar-refractivity contribution in [3.63, 3.8) is 0 Å². The Labute approximate surface area is 203 Å². The monoisotopic (exact) mass is 460 g/mol. The van der Waals surface area contributed by atoms with Crippen LogP contribution in [0.5, 0.6) is 11.5 Å². The number of nitrogens with one attached hydrogen (secondary N) is 1. The van der Waals surface area contributed by atoms with Gasteiger partial charge in [0.05, 0.1) is 18.9 Å². The van der Waals surface area contributed by atoms with Crippen LogP contribution in [0.3, 0.4) is 0 Å². The molecule has 5 heteroatoms. The maximum atomic E-state index is 13.0. The van der Waals surface area contributed by atoms with Crippen molar-refractivity contribution in [3.8, 4) is 11.5 Å². The molecule has 0 aliphatic carbocycles. The smallest absolute Gasteiger partial charge is 0.275 e. The number of para-hydroxylation sites is 1. The second-order valence-corrected chi connectivity index (χ2v) is 8.03. The highest BCUT2D eigenvalue weighted by atomic mass is 16.5. The van der Waals surface area contributed by atoms with Gasteiger partial charge in [0.15, 0.2) is 0 Å². The van der Waals surface area contributed by atoms with E-state index in [0.29, 0.717) is 23.7 Å². The van der Waals surface area contributed by atoms with E-state index >= 15 is 0 Å². The second-order valence-electron chi connectivity index (χ2n) is 8.03. The number of amides is 1. The van der Waals surface area contributed by atoms with Gasteiger partial charge in [0, 0.05) is 5.56 Å². The van der Waals surface area contributed by atoms with Gasteiger partial charge in [-0.3, -0.25) is 4.79 Å². The Morgan fingerprint density at radius 1 is 0.771 bits per heavy atom. The number of methoxy groups -OCH3 is 1. The van der Waals surface area contributed by atoms with Crippen LogP contribution in [-0.4, -0.2) is 19.2 Å². The molecule has 0 unspecified atom stereocenters. The molecule has 35 heavy (non-hydrogen) atoms. The lowest BCUT2D eigenvalue weighted by Gasteiger charge is -2.12. The number of benzene rings is 5. The van der Waals surface area contributed by atoms with Crippen LogP contribution in [-0.2, 0) is 6.61 Å². The lowest BCUT2D eigenvalue weighted by Crippen LogP contribution is -2.19. The second kappa shape index (κ2) is 10.1. The molecular weight excluding hydrogens is 436 g/mol. The molecule has 0 heterocycles. The maximum absolute atomic E-state index is 13.0. The highest BCUT2D eigenvalue weighted by Gasteiger charge is 2.15. The molecule has 1 amide bonds. The molecule has 0 saturated carbocycles. The van der Waals surface area contributed by atoms with Crippen LogP contribution in [0.1, 0.15) is 21.5 Å². The third kappa shape index (κ3) is 4.70. The zero-order chi connectivity index (χ0) is 24.0. The van der Waals surface area contributed by atoms with E-state index in [0.717, 1.165) is 27.3 Å². The van der Waals surface area contributed by atoms with Gasteiger partial charge in [-0.15, -0.1) is 0 Å². The number of carbonyl (C=O) groups excluding carboxylic acids is 1. The Bertz CT molecular complexity index is 1540. The normalized spacial score (nSPS) is 11.1. The van der Waals surface area contributed by atoms with Crippen molar-refractivity contribution in [1.82, 2.24) is 5.43 Å². The van der Waals surface area contributed by atoms with Gasteiger partial charge in [-0.25, -0.2) is 5.43 Å². The molecule has 0 fully saturated rings. The summed E-state index contributed by atoms with van der Waals surface area (Å²) in [5, 5.41) is 8.30. The van der Waals surface area contributed by atoms with E-state index in [1.165, 1.54) is 5.39 Å². The van der Waals surface area contributed by atoms with E-state index in [2.05, 4.69) is 34.8 Å². The number of hydrogen-bond donors (Lipinski definition) is 1. The van der Waals surface area contributed by atoms with Crippen LogP contribution in [0.2, 0.25) is 0 Å². The molecule has 0 atom stereocenters. The molecule has 0 aliphatic heterocycles. The van der Waals surface area contributed by atoms with Crippen molar-refractivity contribution >= 4 is 33.7 Å². The Kier molecular flexibility index (Phi) is 6.39. The van der Waals surface area contributed by atoms with E-state index in [1.807, 2.05) is 72.8 Å². The maximum Gasteiger partial charge on any atom is 0.275 e. The van der Waals surface area contributed by atoms with Gasteiger partial charge in [0.2, 0.25) is 0 Å². The van der Waals surface area contributed by atoms with E-state index in [4.69, 9.17) is 9.47 Å². The molecule has 0 radical (unpaired) electrons. The topological polar surface area (TPSA) is 59.9 Å². The summed E-state index contributed by atoms with van der Waals surface area (Å²) in [6, 6.07) is 33.4. The van der Waals surface area contributed by atoms with E-state index in [9.17, 15) is 4.79 Å². The first-order chi connectivity index (χ1) is 17.2. The van der Waals surface area contributed by atoms with Gasteiger partial charge in [-0.05, 0) is 45.3 Å². The minimum atomic E-state index is -0.343. The predicted molar refractivity (Wildman–Crippen MR) is 140 cm³/mol. The van der Waals surface area contributed by atoms with Crippen molar-refractivity contribution in [3.05, 3.63) is 120 Å². The number of ether oxygens (including phenoxy) is 2. The molecule has 0 spiro atoms. The van der Waals surface area contributed by atoms with Crippen molar-refractivity contribution in [2.75, 3.05) is 7.11 Å². The lowest BCUT2D eigenvalue weighted by atomic mass is 10.0. The van der Waals surface area contributed by atoms with Crippen molar-refractivity contribution in [2.45, 2.75) is 6.61 Å². The van der Waals surface area contributed by atoms with Crippen LogP contribution >= 0.6 is 0 Å². The van der Waals surface area contributed by atoms with E-state index < -0.39 is 0 Å². The molecule has 0 aromatic heterocycles. The molecule has 172 valence electrons. The van der Waals surface area contributed by atoms with E-state index in [-0.39, 0.29) is 5.91 Å². The third-order valence-corrected chi connectivity index (χ3v) is 5.89. The fraction of sp³-hybridized carbons (Fsp3) is 0.0667. The van der Waals surface area contributed by atoms with Crippen LogP contribution in [0.25, 0.3) is 21.5 Å². The molecule has 5 nitrogen and oxygen atoms in total. The van der Waals surface area contributed by atoms with Gasteiger partial charge in [-0.2, -0.15) is 5.10 Å². The van der Waals surface area contributed by atoms with E-state index in [1.54, 1.807) is 19.4 Å². The number of fused-ring (bicyclic) bond motifs is 2. The molecule has 1 N–H and O–H groups in total. The highest BCUT2D eigenvalue weighted by molar-refractivity contribution is 6.09. The fourth-order valence-corrected chi connectivity index (χ4v) is 4.16. The molecule has 5 aromatic rings. The van der Waals surface area contributed by atoms with Crippen LogP contribution < -0.4 is 14.9 Å². The quantitative estimate of drug-likeness (QED) is 0.228. The first-order valence-electron chi connectivity index (χ1n) is 11.3. The third-order valence-electron chi connectivity index (χ3n) is 5.89. The average Bonchev–Trinajstić information content (AvgIpc) is 2.91. The van der Waals surface area contributed by atoms with Gasteiger partial charge in [0.1, 0.15) is 18.1 Å². The van der Waals surface area contributed by atoms with Crippen molar-refractivity contribution in [1.29, 1.82) is 0 Å². The number of carbonyl (C=O) groups is 1. The summed E-state index contributed by atoms with van der Waals surface area (Å²) in [6.07, 6.45) is 1.59. The summed E-state index contributed by atoms with van der Waals surface area (Å²) in [5.41, 5.74) is 4.95. The highest BCUT2D eigenvalue weighted by Crippen LogP contribution is 2.28. The zero-order valence-corrected chi connectivity index (χ0v) is 19.3. The molecule has 0 aliphatic rings. The van der Waals surface area contributed by atoms with Gasteiger partial charge < -0.3 is 9.47 Å². The summed E-state index contributed by atoms with van der Waals surface area (Å²) in [4.78, 5) is 13.0. The van der Waals surface area contributed by atoms with Crippen molar-refractivity contribution in [2.24, 2.45) is 5.10 Å². The number of hydrazone groups is 1. The molecule has 0 saturated heterocycles. The minimum Gasteiger partial charge on any atom is -0.496 e. The number of rotatable bonds is 7. The molecular formula is C30H24N2O3. The van der Waals surface area contributed by atoms with Gasteiger partial charge >= 0.3 is 0 Å². The van der Waals surface area contributed by atoms with Crippen molar-refractivity contribution < 1.29 is 14.3 Å². The summed E-state index contributed by atoms with van der Waals surface area (Å²) in [5.74, 6) is 0.834. The summed E-state index contributed by atoms with van der Waals surface area (Å²) < 4.78 is 11.6.